The predicted octanol–water partition coefficient (Wildman–Crippen LogP) is 7.21. The monoisotopic (exact) mass is 472 g/mol. The van der Waals surface area contributed by atoms with Gasteiger partial charge >= 0.3 is 0 Å². The Bertz CT molecular complexity index is 1170. The minimum atomic E-state index is -0.693. The molecule has 3 rings (SSSR count). The molecule has 5 nitrogen and oxygen atoms in total. The summed E-state index contributed by atoms with van der Waals surface area (Å²) in [6.07, 6.45) is -0.693. The summed E-state index contributed by atoms with van der Waals surface area (Å²) in [7, 11) is 0. The van der Waals surface area contributed by atoms with Gasteiger partial charge in [-0.1, -0.05) is 58.0 Å². The number of nitrogens with one attached hydrogen (secondary N) is 2. The van der Waals surface area contributed by atoms with E-state index in [9.17, 15) is 9.59 Å². The van der Waals surface area contributed by atoms with Crippen molar-refractivity contribution in [1.29, 1.82) is 0 Å². The SMILES string of the molecule is Cc1cccc(NC(=O)C(C)Oc2ccc(C(=O)Nc3c(C(C)C)cccc3C(C)C)cc2)c1C. The number of anilines is 2. The Balaban J connectivity index is 1.69. The number of benzene rings is 3. The van der Waals surface area contributed by atoms with Crippen molar-refractivity contribution in [3.05, 3.63) is 88.5 Å². The summed E-state index contributed by atoms with van der Waals surface area (Å²) >= 11 is 0. The Morgan fingerprint density at radius 2 is 1.31 bits per heavy atom. The van der Waals surface area contributed by atoms with E-state index in [1.165, 1.54) is 0 Å². The van der Waals surface area contributed by atoms with E-state index >= 15 is 0 Å². The van der Waals surface area contributed by atoms with Gasteiger partial charge in [0.2, 0.25) is 0 Å². The van der Waals surface area contributed by atoms with Crippen molar-refractivity contribution in [2.75, 3.05) is 10.6 Å². The van der Waals surface area contributed by atoms with Crippen LogP contribution < -0.4 is 15.4 Å². The Morgan fingerprint density at radius 1 is 0.743 bits per heavy atom. The first kappa shape index (κ1) is 26.0. The predicted molar refractivity (Wildman–Crippen MR) is 144 cm³/mol. The standard InChI is InChI=1S/C30H36N2O3/c1-18(2)25-11-9-12-26(19(3)4)28(25)32-30(34)23-14-16-24(17-15-23)35-22(7)29(33)31-27-13-8-10-20(5)21(27)6/h8-19,22H,1-7H3,(H,31,33)(H,32,34). The number of amides is 2. The molecule has 1 unspecified atom stereocenters. The van der Waals surface area contributed by atoms with E-state index in [-0.39, 0.29) is 23.7 Å². The number of carbonyl (C=O) groups excluding carboxylic acids is 2. The number of para-hydroxylation sites is 1. The molecule has 35 heavy (non-hydrogen) atoms. The van der Waals surface area contributed by atoms with Gasteiger partial charge in [0.25, 0.3) is 11.8 Å². The zero-order valence-corrected chi connectivity index (χ0v) is 21.7. The van der Waals surface area contributed by atoms with Gasteiger partial charge < -0.3 is 15.4 Å². The van der Waals surface area contributed by atoms with Crippen LogP contribution in [0.1, 0.15) is 79.1 Å². The Kier molecular flexibility index (Phi) is 8.34. The summed E-state index contributed by atoms with van der Waals surface area (Å²) in [4.78, 5) is 25.7. The van der Waals surface area contributed by atoms with E-state index in [0.717, 1.165) is 33.6 Å². The van der Waals surface area contributed by atoms with Crippen LogP contribution in [0, 0.1) is 13.8 Å². The van der Waals surface area contributed by atoms with Gasteiger partial charge in [-0.25, -0.2) is 0 Å². The molecule has 2 N–H and O–H groups in total. The normalized spacial score (nSPS) is 11.9. The second-order valence-corrected chi connectivity index (χ2v) is 9.60. The molecular formula is C30H36N2O3. The first-order chi connectivity index (χ1) is 16.6. The summed E-state index contributed by atoms with van der Waals surface area (Å²) in [5, 5.41) is 6.06. The van der Waals surface area contributed by atoms with Crippen LogP contribution >= 0.6 is 0 Å². The minimum Gasteiger partial charge on any atom is -0.481 e. The van der Waals surface area contributed by atoms with E-state index in [1.54, 1.807) is 31.2 Å². The number of hydrogen-bond donors (Lipinski definition) is 2. The third-order valence-corrected chi connectivity index (χ3v) is 6.27. The molecule has 3 aromatic rings. The number of carbonyl (C=O) groups is 2. The molecule has 0 radical (unpaired) electrons. The first-order valence-corrected chi connectivity index (χ1v) is 12.2. The topological polar surface area (TPSA) is 67.4 Å². The van der Waals surface area contributed by atoms with Crippen molar-refractivity contribution in [3.63, 3.8) is 0 Å². The number of rotatable bonds is 8. The average molecular weight is 473 g/mol. The van der Waals surface area contributed by atoms with Gasteiger partial charge in [0.05, 0.1) is 0 Å². The minimum absolute atomic E-state index is 0.174. The van der Waals surface area contributed by atoms with Crippen molar-refractivity contribution < 1.29 is 14.3 Å². The van der Waals surface area contributed by atoms with Crippen molar-refractivity contribution >= 4 is 23.2 Å². The second-order valence-electron chi connectivity index (χ2n) is 9.60. The highest BCUT2D eigenvalue weighted by molar-refractivity contribution is 6.05. The van der Waals surface area contributed by atoms with Gasteiger partial charge in [-0.05, 0) is 85.2 Å². The highest BCUT2D eigenvalue weighted by Crippen LogP contribution is 2.32. The third-order valence-electron chi connectivity index (χ3n) is 6.27. The molecule has 1 atom stereocenters. The molecule has 5 heteroatoms. The molecule has 0 heterocycles. The lowest BCUT2D eigenvalue weighted by Crippen LogP contribution is -2.30. The zero-order chi connectivity index (χ0) is 25.7. The molecule has 0 aliphatic heterocycles. The van der Waals surface area contributed by atoms with Crippen molar-refractivity contribution in [2.24, 2.45) is 0 Å². The summed E-state index contributed by atoms with van der Waals surface area (Å²) in [6, 6.07) is 18.8. The van der Waals surface area contributed by atoms with Gasteiger partial charge in [-0.15, -0.1) is 0 Å². The molecule has 0 spiro atoms. The van der Waals surface area contributed by atoms with Crippen LogP contribution in [-0.2, 0) is 4.79 Å². The quantitative estimate of drug-likeness (QED) is 0.364. The summed E-state index contributed by atoms with van der Waals surface area (Å²) in [5.41, 5.74) is 6.57. The fraction of sp³-hybridized carbons (Fsp3) is 0.333. The molecule has 0 aliphatic rings. The lowest BCUT2D eigenvalue weighted by molar-refractivity contribution is -0.122. The lowest BCUT2D eigenvalue weighted by atomic mass is 9.92. The molecule has 0 bridgehead atoms. The van der Waals surface area contributed by atoms with Crippen LogP contribution in [0.15, 0.2) is 60.7 Å². The van der Waals surface area contributed by atoms with Crippen LogP contribution in [0.3, 0.4) is 0 Å². The maximum absolute atomic E-state index is 13.1. The van der Waals surface area contributed by atoms with E-state index in [4.69, 9.17) is 4.74 Å². The van der Waals surface area contributed by atoms with Gasteiger partial charge in [0.15, 0.2) is 6.10 Å². The summed E-state index contributed by atoms with van der Waals surface area (Å²) in [6.45, 7) is 14.2. The van der Waals surface area contributed by atoms with Gasteiger partial charge in [0, 0.05) is 16.9 Å². The molecular weight excluding hydrogens is 436 g/mol. The molecule has 0 saturated carbocycles. The fourth-order valence-corrected chi connectivity index (χ4v) is 3.94. The van der Waals surface area contributed by atoms with Crippen molar-refractivity contribution in [3.8, 4) is 5.75 Å². The van der Waals surface area contributed by atoms with Crippen molar-refractivity contribution in [2.45, 2.75) is 66.4 Å². The smallest absolute Gasteiger partial charge is 0.265 e. The van der Waals surface area contributed by atoms with Crippen LogP contribution in [0.5, 0.6) is 5.75 Å². The highest BCUT2D eigenvalue weighted by atomic mass is 16.5. The number of aryl methyl sites for hydroxylation is 1. The molecule has 0 aromatic heterocycles. The van der Waals surface area contributed by atoms with Crippen LogP contribution in [-0.4, -0.2) is 17.9 Å². The Labute approximate surface area is 208 Å². The zero-order valence-electron chi connectivity index (χ0n) is 21.7. The Hall–Kier alpha value is -3.60. The van der Waals surface area contributed by atoms with Gasteiger partial charge in [-0.2, -0.15) is 0 Å². The lowest BCUT2D eigenvalue weighted by Gasteiger charge is -2.20. The van der Waals surface area contributed by atoms with Gasteiger partial charge in [0.1, 0.15) is 5.75 Å². The van der Waals surface area contributed by atoms with Gasteiger partial charge in [-0.3, -0.25) is 9.59 Å². The Morgan fingerprint density at radius 3 is 1.89 bits per heavy atom. The first-order valence-electron chi connectivity index (χ1n) is 12.2. The van der Waals surface area contributed by atoms with Crippen LogP contribution in [0.2, 0.25) is 0 Å². The van der Waals surface area contributed by atoms with Crippen molar-refractivity contribution in [1.82, 2.24) is 0 Å². The van der Waals surface area contributed by atoms with Crippen LogP contribution in [0.25, 0.3) is 0 Å². The largest absolute Gasteiger partial charge is 0.481 e. The molecule has 0 fully saturated rings. The summed E-state index contributed by atoms with van der Waals surface area (Å²) < 4.78 is 5.83. The number of ether oxygens (including phenoxy) is 1. The second kappa shape index (κ2) is 11.2. The molecule has 3 aromatic carbocycles. The molecule has 0 aliphatic carbocycles. The molecule has 0 saturated heterocycles. The van der Waals surface area contributed by atoms with E-state index < -0.39 is 6.10 Å². The maximum atomic E-state index is 13.1. The summed E-state index contributed by atoms with van der Waals surface area (Å²) in [5.74, 6) is 0.696. The average Bonchev–Trinajstić information content (AvgIpc) is 2.82. The number of hydrogen-bond acceptors (Lipinski definition) is 3. The highest BCUT2D eigenvalue weighted by Gasteiger charge is 2.18. The van der Waals surface area contributed by atoms with E-state index in [0.29, 0.717) is 11.3 Å². The van der Waals surface area contributed by atoms with E-state index in [1.807, 2.05) is 38.1 Å². The van der Waals surface area contributed by atoms with Crippen LogP contribution in [0.4, 0.5) is 11.4 Å². The maximum Gasteiger partial charge on any atom is 0.265 e. The molecule has 184 valence electrons. The molecule has 2 amide bonds. The third kappa shape index (κ3) is 6.30. The fourth-order valence-electron chi connectivity index (χ4n) is 3.94. The van der Waals surface area contributed by atoms with E-state index in [2.05, 4.69) is 50.5 Å².